The number of nitrogens with one attached hydrogen (secondary N) is 1. The Hall–Kier alpha value is -1.88. The second kappa shape index (κ2) is 5.27. The van der Waals surface area contributed by atoms with E-state index in [0.717, 1.165) is 5.56 Å². The minimum absolute atomic E-state index is 0.323. The normalized spacial score (nSPS) is 10.3. The zero-order valence-corrected chi connectivity index (χ0v) is 9.01. The molecule has 0 bridgehead atoms. The van der Waals surface area contributed by atoms with E-state index in [2.05, 4.69) is 15.5 Å². The molecule has 5 heteroatoms. The first-order valence-corrected chi connectivity index (χ1v) is 5.00. The van der Waals surface area contributed by atoms with Crippen LogP contribution < -0.4 is 5.32 Å². The highest BCUT2D eigenvalue weighted by atomic mass is 16.5. The summed E-state index contributed by atoms with van der Waals surface area (Å²) < 4.78 is 10.7. The molecule has 0 saturated heterocycles. The van der Waals surface area contributed by atoms with Gasteiger partial charge in [-0.25, -0.2) is 0 Å². The van der Waals surface area contributed by atoms with E-state index in [0.29, 0.717) is 25.1 Å². The van der Waals surface area contributed by atoms with Gasteiger partial charge in [0.25, 0.3) is 0 Å². The number of aromatic nitrogens is 2. The van der Waals surface area contributed by atoms with E-state index in [9.17, 15) is 0 Å². The van der Waals surface area contributed by atoms with Crippen LogP contribution in [0.15, 0.2) is 34.7 Å². The fourth-order valence-electron chi connectivity index (χ4n) is 1.24. The van der Waals surface area contributed by atoms with Gasteiger partial charge in [-0.2, -0.15) is 0 Å². The lowest BCUT2D eigenvalue weighted by Crippen LogP contribution is -1.94. The molecule has 0 amide bonds. The summed E-state index contributed by atoms with van der Waals surface area (Å²) in [4.78, 5) is 0. The molecule has 1 aromatic heterocycles. The predicted octanol–water partition coefficient (Wildman–Crippen LogP) is 1.83. The molecule has 5 nitrogen and oxygen atoms in total. The van der Waals surface area contributed by atoms with Gasteiger partial charge in [0.15, 0.2) is 0 Å². The molecule has 0 saturated carbocycles. The third-order valence-electron chi connectivity index (χ3n) is 2.02. The summed E-state index contributed by atoms with van der Waals surface area (Å²) in [5, 5.41) is 10.3. The van der Waals surface area contributed by atoms with Gasteiger partial charge < -0.3 is 14.5 Å². The number of ether oxygens (including phenoxy) is 1. The molecule has 0 radical (unpaired) electrons. The Morgan fingerprint density at radius 1 is 1.19 bits per heavy atom. The Bertz CT molecular complexity index is 428. The SMILES string of the molecule is CNc1nnc(COCc2ccccc2)o1. The Morgan fingerprint density at radius 2 is 2.00 bits per heavy atom. The number of rotatable bonds is 5. The van der Waals surface area contributed by atoms with E-state index in [1.165, 1.54) is 0 Å². The fraction of sp³-hybridized carbons (Fsp3) is 0.273. The number of nitrogens with zero attached hydrogens (tertiary/aromatic N) is 2. The van der Waals surface area contributed by atoms with Crippen molar-refractivity contribution in [1.82, 2.24) is 10.2 Å². The zero-order valence-electron chi connectivity index (χ0n) is 9.01. The van der Waals surface area contributed by atoms with E-state index >= 15 is 0 Å². The van der Waals surface area contributed by atoms with Gasteiger partial charge in [-0.1, -0.05) is 35.4 Å². The van der Waals surface area contributed by atoms with Crippen LogP contribution in [0.2, 0.25) is 0 Å². The average Bonchev–Trinajstić information content (AvgIpc) is 2.78. The number of benzene rings is 1. The molecule has 0 atom stereocenters. The molecular formula is C11H13N3O2. The first kappa shape index (κ1) is 10.6. The molecule has 0 aliphatic carbocycles. The maximum absolute atomic E-state index is 5.44. The van der Waals surface area contributed by atoms with Crippen LogP contribution in [0.5, 0.6) is 0 Å². The summed E-state index contributed by atoms with van der Waals surface area (Å²) in [5.74, 6) is 0.472. The molecule has 16 heavy (non-hydrogen) atoms. The minimum atomic E-state index is 0.323. The smallest absolute Gasteiger partial charge is 0.315 e. The average molecular weight is 219 g/mol. The third-order valence-corrected chi connectivity index (χ3v) is 2.02. The molecular weight excluding hydrogens is 206 g/mol. The molecule has 1 heterocycles. The van der Waals surface area contributed by atoms with Crippen molar-refractivity contribution in [1.29, 1.82) is 0 Å². The molecule has 84 valence electrons. The highest BCUT2D eigenvalue weighted by molar-refractivity contribution is 5.14. The van der Waals surface area contributed by atoms with Crippen LogP contribution in [0.1, 0.15) is 11.5 Å². The van der Waals surface area contributed by atoms with E-state index < -0.39 is 0 Å². The van der Waals surface area contributed by atoms with Gasteiger partial charge >= 0.3 is 6.01 Å². The third kappa shape index (κ3) is 2.80. The molecule has 1 N–H and O–H groups in total. The largest absolute Gasteiger partial charge is 0.406 e. The highest BCUT2D eigenvalue weighted by Gasteiger charge is 2.03. The lowest BCUT2D eigenvalue weighted by atomic mass is 10.2. The Kier molecular flexibility index (Phi) is 3.50. The van der Waals surface area contributed by atoms with Crippen LogP contribution >= 0.6 is 0 Å². The van der Waals surface area contributed by atoms with Gasteiger partial charge in [0.05, 0.1) is 6.61 Å². The predicted molar refractivity (Wildman–Crippen MR) is 58.8 cm³/mol. The van der Waals surface area contributed by atoms with E-state index in [1.54, 1.807) is 7.05 Å². The fourth-order valence-corrected chi connectivity index (χ4v) is 1.24. The van der Waals surface area contributed by atoms with E-state index in [4.69, 9.17) is 9.15 Å². The molecule has 0 aliphatic heterocycles. The highest BCUT2D eigenvalue weighted by Crippen LogP contribution is 2.07. The van der Waals surface area contributed by atoms with Crippen LogP contribution in [0.25, 0.3) is 0 Å². The molecule has 0 unspecified atom stereocenters. The number of hydrogen-bond donors (Lipinski definition) is 1. The van der Waals surface area contributed by atoms with Crippen molar-refractivity contribution in [2.75, 3.05) is 12.4 Å². The quantitative estimate of drug-likeness (QED) is 0.831. The van der Waals surface area contributed by atoms with Gasteiger partial charge in [-0.05, 0) is 5.56 Å². The molecule has 2 rings (SSSR count). The topological polar surface area (TPSA) is 60.2 Å². The summed E-state index contributed by atoms with van der Waals surface area (Å²) in [6, 6.07) is 10.3. The van der Waals surface area contributed by atoms with Crippen molar-refractivity contribution in [3.8, 4) is 0 Å². The summed E-state index contributed by atoms with van der Waals surface area (Å²) in [7, 11) is 1.72. The van der Waals surface area contributed by atoms with Crippen LogP contribution in [0.4, 0.5) is 6.01 Å². The summed E-state index contributed by atoms with van der Waals surface area (Å²) in [6.45, 7) is 0.863. The van der Waals surface area contributed by atoms with Crippen molar-refractivity contribution in [2.24, 2.45) is 0 Å². The molecule has 0 fully saturated rings. The lowest BCUT2D eigenvalue weighted by molar-refractivity contribution is 0.0899. The van der Waals surface area contributed by atoms with Gasteiger partial charge in [0, 0.05) is 7.05 Å². The molecule has 0 spiro atoms. The Labute approximate surface area is 93.4 Å². The van der Waals surface area contributed by atoms with Crippen LogP contribution in [0.3, 0.4) is 0 Å². The first-order valence-electron chi connectivity index (χ1n) is 5.00. The van der Waals surface area contributed by atoms with Crippen LogP contribution in [0, 0.1) is 0 Å². The molecule has 0 aliphatic rings. The monoisotopic (exact) mass is 219 g/mol. The van der Waals surface area contributed by atoms with Gasteiger partial charge in [0.2, 0.25) is 5.89 Å². The van der Waals surface area contributed by atoms with E-state index in [1.807, 2.05) is 30.3 Å². The Morgan fingerprint density at radius 3 is 2.69 bits per heavy atom. The Balaban J connectivity index is 1.80. The summed E-state index contributed by atoms with van der Waals surface area (Å²) >= 11 is 0. The van der Waals surface area contributed by atoms with Gasteiger partial charge in [-0.3, -0.25) is 0 Å². The van der Waals surface area contributed by atoms with Crippen molar-refractivity contribution >= 4 is 6.01 Å². The minimum Gasteiger partial charge on any atom is -0.406 e. The molecule has 2 aromatic rings. The standard InChI is InChI=1S/C11H13N3O2/c1-12-11-14-13-10(16-11)8-15-7-9-5-3-2-4-6-9/h2-6H,7-8H2,1H3,(H,12,14). The van der Waals surface area contributed by atoms with Crippen molar-refractivity contribution in [3.05, 3.63) is 41.8 Å². The second-order valence-electron chi connectivity index (χ2n) is 3.23. The van der Waals surface area contributed by atoms with Gasteiger partial charge in [-0.15, -0.1) is 5.10 Å². The van der Waals surface area contributed by atoms with Gasteiger partial charge in [0.1, 0.15) is 6.61 Å². The van der Waals surface area contributed by atoms with Crippen molar-refractivity contribution in [2.45, 2.75) is 13.2 Å². The van der Waals surface area contributed by atoms with Crippen LogP contribution in [-0.4, -0.2) is 17.2 Å². The maximum atomic E-state index is 5.44. The zero-order chi connectivity index (χ0) is 11.2. The first-order chi connectivity index (χ1) is 7.88. The number of anilines is 1. The number of hydrogen-bond acceptors (Lipinski definition) is 5. The van der Waals surface area contributed by atoms with Crippen molar-refractivity contribution < 1.29 is 9.15 Å². The second-order valence-corrected chi connectivity index (χ2v) is 3.23. The van der Waals surface area contributed by atoms with Crippen molar-refractivity contribution in [3.63, 3.8) is 0 Å². The maximum Gasteiger partial charge on any atom is 0.315 e. The summed E-state index contributed by atoms with van der Waals surface area (Å²) in [6.07, 6.45) is 0. The van der Waals surface area contributed by atoms with Crippen LogP contribution in [-0.2, 0) is 18.0 Å². The lowest BCUT2D eigenvalue weighted by Gasteiger charge is -2.00. The summed E-state index contributed by atoms with van der Waals surface area (Å²) in [5.41, 5.74) is 1.12. The van der Waals surface area contributed by atoms with E-state index in [-0.39, 0.29) is 0 Å². The molecule has 1 aromatic carbocycles.